The van der Waals surface area contributed by atoms with Crippen molar-refractivity contribution in [2.75, 3.05) is 21.3 Å². The summed E-state index contributed by atoms with van der Waals surface area (Å²) >= 11 is 0. The molecule has 0 aliphatic carbocycles. The first-order valence-corrected chi connectivity index (χ1v) is 9.43. The zero-order valence-electron chi connectivity index (χ0n) is 17.7. The molecule has 0 N–H and O–H groups in total. The Morgan fingerprint density at radius 1 is 0.875 bits per heavy atom. The molecule has 0 atom stereocenters. The number of ether oxygens (including phenoxy) is 5. The highest BCUT2D eigenvalue weighted by molar-refractivity contribution is 5.91. The van der Waals surface area contributed by atoms with E-state index in [0.29, 0.717) is 34.3 Å². The average Bonchev–Trinajstić information content (AvgIpc) is 2.82. The van der Waals surface area contributed by atoms with Gasteiger partial charge in [0, 0.05) is 12.1 Å². The summed E-state index contributed by atoms with van der Waals surface area (Å²) in [7, 11) is 4.40. The van der Waals surface area contributed by atoms with Gasteiger partial charge in [0.1, 0.15) is 18.1 Å². The number of non-ortho nitro benzene ring substituents is 1. The van der Waals surface area contributed by atoms with E-state index < -0.39 is 10.9 Å². The summed E-state index contributed by atoms with van der Waals surface area (Å²) in [6.45, 7) is 0.00690. The smallest absolute Gasteiger partial charge is 0.338 e. The van der Waals surface area contributed by atoms with Gasteiger partial charge < -0.3 is 23.7 Å². The van der Waals surface area contributed by atoms with Crippen molar-refractivity contribution >= 4 is 11.7 Å². The molecule has 0 heterocycles. The maximum atomic E-state index is 12.6. The van der Waals surface area contributed by atoms with E-state index in [9.17, 15) is 14.9 Å². The van der Waals surface area contributed by atoms with Gasteiger partial charge in [-0.15, -0.1) is 0 Å². The zero-order chi connectivity index (χ0) is 23.1. The lowest BCUT2D eigenvalue weighted by Crippen LogP contribution is -2.07. The van der Waals surface area contributed by atoms with Crippen LogP contribution in [0.2, 0.25) is 0 Å². The lowest BCUT2D eigenvalue weighted by molar-refractivity contribution is -0.384. The second kappa shape index (κ2) is 10.2. The molecule has 0 amide bonds. The van der Waals surface area contributed by atoms with Crippen molar-refractivity contribution in [2.24, 2.45) is 0 Å². The molecule has 3 rings (SSSR count). The van der Waals surface area contributed by atoms with Crippen LogP contribution >= 0.6 is 0 Å². The van der Waals surface area contributed by atoms with E-state index >= 15 is 0 Å². The fourth-order valence-electron chi connectivity index (χ4n) is 2.90. The molecular weight excluding hydrogens is 418 g/mol. The lowest BCUT2D eigenvalue weighted by atomic mass is 10.1. The molecule has 166 valence electrons. The number of carbonyl (C=O) groups is 1. The topological polar surface area (TPSA) is 106 Å². The van der Waals surface area contributed by atoms with E-state index in [4.69, 9.17) is 23.7 Å². The normalized spacial score (nSPS) is 10.2. The molecule has 3 aromatic carbocycles. The average molecular weight is 439 g/mol. The molecule has 0 saturated carbocycles. The molecule has 0 radical (unpaired) electrons. The van der Waals surface area contributed by atoms with Crippen LogP contribution in [0.4, 0.5) is 5.69 Å². The number of esters is 1. The quantitative estimate of drug-likeness (QED) is 0.267. The molecule has 0 aromatic heterocycles. The molecule has 0 saturated heterocycles. The van der Waals surface area contributed by atoms with Crippen LogP contribution in [0, 0.1) is 10.1 Å². The van der Waals surface area contributed by atoms with Gasteiger partial charge in [0.25, 0.3) is 5.69 Å². The van der Waals surface area contributed by atoms with Crippen LogP contribution in [0.25, 0.3) is 0 Å². The summed E-state index contributed by atoms with van der Waals surface area (Å²) in [5, 5.41) is 10.8. The third-order valence-electron chi connectivity index (χ3n) is 4.45. The van der Waals surface area contributed by atoms with Crippen molar-refractivity contribution in [3.63, 3.8) is 0 Å². The highest BCUT2D eigenvalue weighted by Gasteiger charge is 2.18. The Morgan fingerprint density at radius 3 is 2.09 bits per heavy atom. The van der Waals surface area contributed by atoms with Gasteiger partial charge in [-0.1, -0.05) is 12.1 Å². The molecule has 0 fully saturated rings. The van der Waals surface area contributed by atoms with Crippen LogP contribution in [0.3, 0.4) is 0 Å². The fourth-order valence-corrected chi connectivity index (χ4v) is 2.90. The number of nitro groups is 1. The molecule has 0 spiro atoms. The minimum Gasteiger partial charge on any atom is -0.493 e. The second-order valence-electron chi connectivity index (χ2n) is 6.49. The van der Waals surface area contributed by atoms with Crippen LogP contribution < -0.4 is 18.9 Å². The Morgan fingerprint density at radius 2 is 1.53 bits per heavy atom. The van der Waals surface area contributed by atoms with Crippen LogP contribution in [0.15, 0.2) is 60.7 Å². The van der Waals surface area contributed by atoms with Gasteiger partial charge in [0.15, 0.2) is 11.5 Å². The van der Waals surface area contributed by atoms with E-state index in [0.717, 1.165) is 0 Å². The molecule has 0 unspecified atom stereocenters. The summed E-state index contributed by atoms with van der Waals surface area (Å²) < 4.78 is 26.9. The summed E-state index contributed by atoms with van der Waals surface area (Å²) in [6.07, 6.45) is 0. The van der Waals surface area contributed by atoms with Gasteiger partial charge in [-0.25, -0.2) is 4.79 Å². The first-order valence-electron chi connectivity index (χ1n) is 9.43. The molecule has 0 aliphatic heterocycles. The Bertz CT molecular complexity index is 1090. The number of methoxy groups -OCH3 is 3. The van der Waals surface area contributed by atoms with Crippen molar-refractivity contribution < 1.29 is 33.4 Å². The number of carbonyl (C=O) groups excluding carboxylic acids is 1. The Hall–Kier alpha value is -4.27. The first kappa shape index (κ1) is 22.4. The first-order chi connectivity index (χ1) is 15.4. The predicted molar refractivity (Wildman–Crippen MR) is 115 cm³/mol. The van der Waals surface area contributed by atoms with Crippen molar-refractivity contribution in [2.45, 2.75) is 6.61 Å². The summed E-state index contributed by atoms with van der Waals surface area (Å²) in [6, 6.07) is 15.7. The van der Waals surface area contributed by atoms with Crippen LogP contribution in [-0.2, 0) is 11.3 Å². The summed E-state index contributed by atoms with van der Waals surface area (Å²) in [5.74, 6) is 1.45. The second-order valence-corrected chi connectivity index (χ2v) is 6.49. The van der Waals surface area contributed by atoms with E-state index in [-0.39, 0.29) is 17.9 Å². The summed E-state index contributed by atoms with van der Waals surface area (Å²) in [4.78, 5) is 22.8. The Balaban J connectivity index is 1.68. The maximum Gasteiger partial charge on any atom is 0.338 e. The molecule has 0 aliphatic rings. The predicted octanol–water partition coefficient (Wildman–Crippen LogP) is 4.77. The van der Waals surface area contributed by atoms with Crippen molar-refractivity contribution in [1.82, 2.24) is 0 Å². The SMILES string of the molecule is COc1cc(C(=O)OCc2cccc(Oc3ccc([N+](=O)[O-])cc3)c2)cc(OC)c1OC. The molecule has 0 bridgehead atoms. The van der Waals surface area contributed by atoms with Gasteiger partial charge >= 0.3 is 5.97 Å². The number of nitrogens with zero attached hydrogens (tertiary/aromatic N) is 1. The molecule has 3 aromatic rings. The van der Waals surface area contributed by atoms with Crippen molar-refractivity contribution in [3.8, 4) is 28.7 Å². The van der Waals surface area contributed by atoms with E-state index in [1.54, 1.807) is 24.3 Å². The standard InChI is InChI=1S/C23H21NO8/c1-28-20-12-16(13-21(29-2)22(20)30-3)23(25)31-14-15-5-4-6-19(11-15)32-18-9-7-17(8-10-18)24(26)27/h4-13H,14H2,1-3H3. The molecule has 32 heavy (non-hydrogen) atoms. The van der Waals surface area contributed by atoms with E-state index in [2.05, 4.69) is 0 Å². The van der Waals surface area contributed by atoms with Gasteiger partial charge in [-0.2, -0.15) is 0 Å². The van der Waals surface area contributed by atoms with E-state index in [1.165, 1.54) is 57.7 Å². The van der Waals surface area contributed by atoms with Crippen molar-refractivity contribution in [3.05, 3.63) is 81.9 Å². The van der Waals surface area contributed by atoms with Gasteiger partial charge in [-0.3, -0.25) is 10.1 Å². The summed E-state index contributed by atoms with van der Waals surface area (Å²) in [5.41, 5.74) is 0.924. The maximum absolute atomic E-state index is 12.6. The van der Waals surface area contributed by atoms with Crippen LogP contribution in [-0.4, -0.2) is 32.2 Å². The number of hydrogen-bond donors (Lipinski definition) is 0. The molecule has 9 heteroatoms. The monoisotopic (exact) mass is 439 g/mol. The lowest BCUT2D eigenvalue weighted by Gasteiger charge is -2.14. The minimum absolute atomic E-state index is 0.00690. The van der Waals surface area contributed by atoms with Gasteiger partial charge in [0.05, 0.1) is 31.8 Å². The molecular formula is C23H21NO8. The Kier molecular flexibility index (Phi) is 7.12. The van der Waals surface area contributed by atoms with E-state index in [1.807, 2.05) is 0 Å². The number of hydrogen-bond acceptors (Lipinski definition) is 8. The highest BCUT2D eigenvalue weighted by Crippen LogP contribution is 2.38. The van der Waals surface area contributed by atoms with Gasteiger partial charge in [0.2, 0.25) is 5.75 Å². The number of benzene rings is 3. The number of nitro benzene ring substituents is 1. The fraction of sp³-hybridized carbons (Fsp3) is 0.174. The van der Waals surface area contributed by atoms with Crippen LogP contribution in [0.5, 0.6) is 28.7 Å². The largest absolute Gasteiger partial charge is 0.493 e. The minimum atomic E-state index is -0.564. The van der Waals surface area contributed by atoms with Crippen molar-refractivity contribution in [1.29, 1.82) is 0 Å². The Labute approximate surface area is 184 Å². The third-order valence-corrected chi connectivity index (χ3v) is 4.45. The van der Waals surface area contributed by atoms with Gasteiger partial charge in [-0.05, 0) is 42.0 Å². The van der Waals surface area contributed by atoms with Crippen LogP contribution in [0.1, 0.15) is 15.9 Å². The number of rotatable bonds is 9. The third kappa shape index (κ3) is 5.25. The zero-order valence-corrected chi connectivity index (χ0v) is 17.7. The molecule has 9 nitrogen and oxygen atoms in total. The highest BCUT2D eigenvalue weighted by atomic mass is 16.6.